The summed E-state index contributed by atoms with van der Waals surface area (Å²) in [6.45, 7) is 0. The van der Waals surface area contributed by atoms with Crippen molar-refractivity contribution in [2.75, 3.05) is 9.80 Å². The molecule has 5 nitrogen and oxygen atoms in total. The van der Waals surface area contributed by atoms with E-state index in [9.17, 15) is 0 Å². The van der Waals surface area contributed by atoms with E-state index in [2.05, 4.69) is 333 Å². The smallest absolute Gasteiger partial charge is 0.0756 e. The Bertz CT molecular complexity index is 4960. The van der Waals surface area contributed by atoms with Gasteiger partial charge in [-0.1, -0.05) is 176 Å². The van der Waals surface area contributed by atoms with Crippen LogP contribution in [0.2, 0.25) is 0 Å². The number of para-hydroxylation sites is 9. The highest BCUT2D eigenvalue weighted by atomic mass is 15.2. The third kappa shape index (κ3) is 6.49. The molecule has 84 heavy (non-hydrogen) atoms. The van der Waals surface area contributed by atoms with Crippen molar-refractivity contribution in [2.24, 2.45) is 0 Å². The van der Waals surface area contributed by atoms with E-state index in [0.717, 1.165) is 45.5 Å². The normalized spacial score (nSPS) is 12.9. The van der Waals surface area contributed by atoms with Gasteiger partial charge in [-0.05, 0) is 167 Å². The van der Waals surface area contributed by atoms with Crippen LogP contribution in [-0.2, 0) is 5.41 Å². The molecule has 0 saturated carbocycles. The van der Waals surface area contributed by atoms with E-state index >= 15 is 0 Å². The van der Waals surface area contributed by atoms with Gasteiger partial charge in [0.1, 0.15) is 0 Å². The maximum Gasteiger partial charge on any atom is 0.0756 e. The van der Waals surface area contributed by atoms with Gasteiger partial charge in [0.2, 0.25) is 0 Å². The van der Waals surface area contributed by atoms with Crippen molar-refractivity contribution < 1.29 is 0 Å². The van der Waals surface area contributed by atoms with Crippen LogP contribution in [0.4, 0.5) is 34.1 Å². The molecule has 0 N–H and O–H groups in total. The topological polar surface area (TPSA) is 21.3 Å². The SMILES string of the molecule is c1ccc(N(c2ccc(-n3c4ccccc4c4ccccc43)cc2)c2ccc3c(c2)C2(c4cc(N(c5ccccc5)c5ccc(-n6c7ccccc7c7ccccc76)cc5)ccc4-3)c3ccccc3-n3c4ccccc4c4cccc2c43)cc1. The second-order valence-corrected chi connectivity index (χ2v) is 22.4. The van der Waals surface area contributed by atoms with E-state index in [1.165, 1.54) is 104 Å². The summed E-state index contributed by atoms with van der Waals surface area (Å²) in [6, 6.07) is 115. The molecule has 2 aliphatic rings. The molecule has 1 aliphatic carbocycles. The van der Waals surface area contributed by atoms with Gasteiger partial charge in [-0.25, -0.2) is 0 Å². The molecule has 0 bridgehead atoms. The lowest BCUT2D eigenvalue weighted by molar-refractivity contribution is 0.748. The van der Waals surface area contributed by atoms with E-state index in [0.29, 0.717) is 0 Å². The predicted molar refractivity (Wildman–Crippen MR) is 350 cm³/mol. The van der Waals surface area contributed by atoms with Crippen LogP contribution in [0.25, 0.3) is 93.6 Å². The number of rotatable bonds is 8. The standard InChI is InChI=1S/C79H51N5/c1-3-20-52(21-4-1)80(54-38-42-56(43-39-54)82-72-32-13-7-24-62(72)63-25-8-14-33-73(63)82)58-46-48-60-61-49-47-59(81(53-22-5-2-6-23-53)55-40-44-57(45-41-55)83-74-34-15-9-26-64(74)65-27-10-16-35-75(65)83)51-71(61)79(70(60)50-58)68-30-12-18-37-77(68)84-76-36-17-11-28-66(76)67-29-19-31-69(79)78(67)84/h1-51H. The molecular weight excluding hydrogens is 1020 g/mol. The fourth-order valence-corrected chi connectivity index (χ4v) is 14.8. The minimum absolute atomic E-state index is 0.733. The van der Waals surface area contributed by atoms with Crippen molar-refractivity contribution in [3.05, 3.63) is 332 Å². The lowest BCUT2D eigenvalue weighted by Crippen LogP contribution is -2.33. The van der Waals surface area contributed by atoms with Crippen molar-refractivity contribution in [3.8, 4) is 28.2 Å². The van der Waals surface area contributed by atoms with Crippen LogP contribution in [-0.4, -0.2) is 13.7 Å². The zero-order chi connectivity index (χ0) is 55.0. The van der Waals surface area contributed by atoms with Gasteiger partial charge in [-0.2, -0.15) is 0 Å². The van der Waals surface area contributed by atoms with Crippen molar-refractivity contribution in [1.82, 2.24) is 13.7 Å². The molecule has 5 heteroatoms. The molecule has 0 fully saturated rings. The van der Waals surface area contributed by atoms with Crippen molar-refractivity contribution in [3.63, 3.8) is 0 Å². The van der Waals surface area contributed by atoms with E-state index < -0.39 is 5.41 Å². The number of anilines is 6. The van der Waals surface area contributed by atoms with Gasteiger partial charge < -0.3 is 23.5 Å². The number of nitrogens with zero attached hydrogens (tertiary/aromatic N) is 5. The van der Waals surface area contributed by atoms with E-state index in [4.69, 9.17) is 0 Å². The van der Waals surface area contributed by atoms with Gasteiger partial charge in [-0.15, -0.1) is 0 Å². The Hall–Kier alpha value is -11.1. The Balaban J connectivity index is 0.854. The second kappa shape index (κ2) is 17.9. The van der Waals surface area contributed by atoms with Crippen LogP contribution in [0.3, 0.4) is 0 Å². The minimum atomic E-state index is -0.733. The fourth-order valence-electron chi connectivity index (χ4n) is 14.8. The minimum Gasteiger partial charge on any atom is -0.310 e. The van der Waals surface area contributed by atoms with Crippen LogP contribution in [0.15, 0.2) is 309 Å². The summed E-state index contributed by atoms with van der Waals surface area (Å²) in [5, 5.41) is 7.51. The Morgan fingerprint density at radius 1 is 0.226 bits per heavy atom. The first-order chi connectivity index (χ1) is 41.7. The third-order valence-corrected chi connectivity index (χ3v) is 18.2. The molecule has 392 valence electrons. The van der Waals surface area contributed by atoms with Gasteiger partial charge >= 0.3 is 0 Å². The lowest BCUT2D eigenvalue weighted by Gasteiger charge is -2.40. The van der Waals surface area contributed by atoms with Gasteiger partial charge in [-0.3, -0.25) is 0 Å². The monoisotopic (exact) mass is 1070 g/mol. The molecule has 1 aliphatic heterocycles. The molecule has 0 amide bonds. The molecule has 1 spiro atoms. The molecule has 4 heterocycles. The molecule has 3 aromatic heterocycles. The van der Waals surface area contributed by atoms with Crippen LogP contribution >= 0.6 is 0 Å². The van der Waals surface area contributed by atoms with Crippen molar-refractivity contribution >= 4 is 99.5 Å². The summed E-state index contributed by atoms with van der Waals surface area (Å²) < 4.78 is 7.33. The van der Waals surface area contributed by atoms with Crippen LogP contribution < -0.4 is 9.80 Å². The highest BCUT2D eigenvalue weighted by Crippen LogP contribution is 2.63. The first-order valence-corrected chi connectivity index (χ1v) is 29.0. The summed E-state index contributed by atoms with van der Waals surface area (Å²) in [4.78, 5) is 4.87. The molecular formula is C79H51N5. The largest absolute Gasteiger partial charge is 0.310 e. The fraction of sp³-hybridized carbons (Fsp3) is 0.0127. The molecule has 0 radical (unpaired) electrons. The second-order valence-electron chi connectivity index (χ2n) is 22.4. The highest BCUT2D eigenvalue weighted by Gasteiger charge is 2.51. The highest BCUT2D eigenvalue weighted by molar-refractivity contribution is 6.14. The maximum absolute atomic E-state index is 2.54. The summed E-state index contributed by atoms with van der Waals surface area (Å²) >= 11 is 0. The summed E-state index contributed by atoms with van der Waals surface area (Å²) in [5.41, 5.74) is 23.9. The average molecular weight is 1070 g/mol. The zero-order valence-corrected chi connectivity index (χ0v) is 45.7. The van der Waals surface area contributed by atoms with Gasteiger partial charge in [0.15, 0.2) is 0 Å². The number of hydrogen-bond donors (Lipinski definition) is 0. The van der Waals surface area contributed by atoms with E-state index in [-0.39, 0.29) is 0 Å². The Labute approximate surface area is 485 Å². The number of fused-ring (bicyclic) bond motifs is 18. The molecule has 0 saturated heterocycles. The molecule has 16 aromatic rings. The zero-order valence-electron chi connectivity index (χ0n) is 45.7. The van der Waals surface area contributed by atoms with Crippen molar-refractivity contribution in [1.29, 1.82) is 0 Å². The molecule has 0 unspecified atom stereocenters. The van der Waals surface area contributed by atoms with Crippen LogP contribution in [0, 0.1) is 0 Å². The molecule has 13 aromatic carbocycles. The van der Waals surface area contributed by atoms with Gasteiger partial charge in [0, 0.05) is 77.8 Å². The Morgan fingerprint density at radius 2 is 0.560 bits per heavy atom. The number of aromatic nitrogens is 3. The van der Waals surface area contributed by atoms with E-state index in [1.807, 2.05) is 0 Å². The van der Waals surface area contributed by atoms with Crippen LogP contribution in [0.5, 0.6) is 0 Å². The van der Waals surface area contributed by atoms with Crippen LogP contribution in [0.1, 0.15) is 22.3 Å². The lowest BCUT2D eigenvalue weighted by atomic mass is 9.65. The summed E-state index contributed by atoms with van der Waals surface area (Å²) in [5.74, 6) is 0. The van der Waals surface area contributed by atoms with Crippen molar-refractivity contribution in [2.45, 2.75) is 5.41 Å². The van der Waals surface area contributed by atoms with E-state index in [1.54, 1.807) is 0 Å². The summed E-state index contributed by atoms with van der Waals surface area (Å²) in [6.07, 6.45) is 0. The average Bonchev–Trinajstić information content (AvgIpc) is 1.50. The third-order valence-electron chi connectivity index (χ3n) is 18.2. The predicted octanol–water partition coefficient (Wildman–Crippen LogP) is 20.6. The Kier molecular flexibility index (Phi) is 9.95. The quantitative estimate of drug-likeness (QED) is 0.151. The first-order valence-electron chi connectivity index (χ1n) is 29.0. The number of hydrogen-bond acceptors (Lipinski definition) is 2. The van der Waals surface area contributed by atoms with Gasteiger partial charge in [0.05, 0.1) is 44.2 Å². The molecule has 18 rings (SSSR count). The first kappa shape index (κ1) is 46.6. The number of benzene rings is 13. The van der Waals surface area contributed by atoms with Gasteiger partial charge in [0.25, 0.3) is 0 Å². The summed E-state index contributed by atoms with van der Waals surface area (Å²) in [7, 11) is 0. The molecule has 0 atom stereocenters. The maximum atomic E-state index is 2.54. The Morgan fingerprint density at radius 3 is 1.01 bits per heavy atom.